The quantitative estimate of drug-likeness (QED) is 0.842. The van der Waals surface area contributed by atoms with Gasteiger partial charge in [0.2, 0.25) is 5.91 Å². The Balaban J connectivity index is 2.39. The Hall–Kier alpha value is -1.62. The van der Waals surface area contributed by atoms with E-state index in [1.165, 1.54) is 0 Å². The minimum absolute atomic E-state index is 0.139. The zero-order valence-electron chi connectivity index (χ0n) is 12.4. The lowest BCUT2D eigenvalue weighted by molar-refractivity contribution is -0.136. The Bertz CT molecular complexity index is 568. The van der Waals surface area contributed by atoms with Gasteiger partial charge in [0.15, 0.2) is 0 Å². The topological polar surface area (TPSA) is 49.6 Å². The SMILES string of the molecule is Cc1cc(N2CCN(C)C(=O)C2(C)C)ccc1C(N)=S. The highest BCUT2D eigenvalue weighted by Crippen LogP contribution is 2.29. The number of carbonyl (C=O) groups is 1. The van der Waals surface area contributed by atoms with Gasteiger partial charge < -0.3 is 15.5 Å². The molecule has 0 spiro atoms. The molecule has 0 aromatic heterocycles. The molecule has 1 aliphatic rings. The fourth-order valence-corrected chi connectivity index (χ4v) is 2.99. The highest BCUT2D eigenvalue weighted by molar-refractivity contribution is 7.80. The Kier molecular flexibility index (Phi) is 3.73. The molecule has 0 radical (unpaired) electrons. The second kappa shape index (κ2) is 5.05. The van der Waals surface area contributed by atoms with Crippen molar-refractivity contribution in [1.29, 1.82) is 0 Å². The summed E-state index contributed by atoms with van der Waals surface area (Å²) in [4.78, 5) is 16.7. The van der Waals surface area contributed by atoms with Gasteiger partial charge in [-0.3, -0.25) is 4.79 Å². The summed E-state index contributed by atoms with van der Waals surface area (Å²) in [5.41, 5.74) is 8.12. The predicted molar refractivity (Wildman–Crippen MR) is 86.1 cm³/mol. The van der Waals surface area contributed by atoms with E-state index in [2.05, 4.69) is 11.0 Å². The summed E-state index contributed by atoms with van der Waals surface area (Å²) in [6.07, 6.45) is 0. The molecule has 20 heavy (non-hydrogen) atoms. The van der Waals surface area contributed by atoms with Crippen molar-refractivity contribution >= 4 is 28.8 Å². The largest absolute Gasteiger partial charge is 0.389 e. The number of benzene rings is 1. The Morgan fingerprint density at radius 3 is 2.55 bits per heavy atom. The Labute approximate surface area is 125 Å². The van der Waals surface area contributed by atoms with Crippen LogP contribution in [0.25, 0.3) is 0 Å². The predicted octanol–water partition coefficient (Wildman–Crippen LogP) is 1.69. The molecule has 0 unspecified atom stereocenters. The van der Waals surface area contributed by atoms with Crippen molar-refractivity contribution in [3.05, 3.63) is 29.3 Å². The van der Waals surface area contributed by atoms with Crippen LogP contribution in [0.5, 0.6) is 0 Å². The maximum absolute atomic E-state index is 12.3. The summed E-state index contributed by atoms with van der Waals surface area (Å²) >= 11 is 5.03. The monoisotopic (exact) mass is 291 g/mol. The van der Waals surface area contributed by atoms with E-state index in [0.717, 1.165) is 29.9 Å². The highest BCUT2D eigenvalue weighted by Gasteiger charge is 2.40. The number of rotatable bonds is 2. The van der Waals surface area contributed by atoms with E-state index >= 15 is 0 Å². The summed E-state index contributed by atoms with van der Waals surface area (Å²) in [6, 6.07) is 5.97. The average molecular weight is 291 g/mol. The van der Waals surface area contributed by atoms with E-state index in [9.17, 15) is 4.79 Å². The van der Waals surface area contributed by atoms with Crippen molar-refractivity contribution in [2.45, 2.75) is 26.3 Å². The van der Waals surface area contributed by atoms with Crippen molar-refractivity contribution < 1.29 is 4.79 Å². The zero-order valence-corrected chi connectivity index (χ0v) is 13.3. The normalized spacial score (nSPS) is 18.3. The van der Waals surface area contributed by atoms with Crippen molar-refractivity contribution in [2.24, 2.45) is 5.73 Å². The third-order valence-electron chi connectivity index (χ3n) is 3.99. The number of anilines is 1. The summed E-state index contributed by atoms with van der Waals surface area (Å²) in [7, 11) is 1.85. The van der Waals surface area contributed by atoms with Crippen molar-refractivity contribution in [1.82, 2.24) is 4.90 Å². The van der Waals surface area contributed by atoms with Crippen LogP contribution in [0.15, 0.2) is 18.2 Å². The van der Waals surface area contributed by atoms with Gasteiger partial charge in [-0.25, -0.2) is 0 Å². The molecule has 0 saturated carbocycles. The third kappa shape index (κ3) is 2.38. The first-order chi connectivity index (χ1) is 9.25. The average Bonchev–Trinajstić information content (AvgIpc) is 2.35. The van der Waals surface area contributed by atoms with Gasteiger partial charge in [-0.2, -0.15) is 0 Å². The van der Waals surface area contributed by atoms with Gasteiger partial charge in [0.25, 0.3) is 0 Å². The first-order valence-corrected chi connectivity index (χ1v) is 7.09. The van der Waals surface area contributed by atoms with E-state index in [4.69, 9.17) is 18.0 Å². The van der Waals surface area contributed by atoms with Gasteiger partial charge >= 0.3 is 0 Å². The number of likely N-dealkylation sites (N-methyl/N-ethyl adjacent to an activating group) is 1. The van der Waals surface area contributed by atoms with E-state index in [1.807, 2.05) is 40.0 Å². The smallest absolute Gasteiger partial charge is 0.247 e. The van der Waals surface area contributed by atoms with Crippen LogP contribution in [-0.2, 0) is 4.79 Å². The number of hydrogen-bond donors (Lipinski definition) is 1. The van der Waals surface area contributed by atoms with Gasteiger partial charge in [-0.05, 0) is 44.5 Å². The van der Waals surface area contributed by atoms with Crippen LogP contribution in [0.2, 0.25) is 0 Å². The van der Waals surface area contributed by atoms with Crippen molar-refractivity contribution in [3.63, 3.8) is 0 Å². The fraction of sp³-hybridized carbons (Fsp3) is 0.467. The minimum atomic E-state index is -0.538. The molecular formula is C15H21N3OS. The molecule has 5 heteroatoms. The first kappa shape index (κ1) is 14.8. The van der Waals surface area contributed by atoms with Crippen molar-refractivity contribution in [2.75, 3.05) is 25.0 Å². The summed E-state index contributed by atoms with van der Waals surface area (Å²) in [5, 5.41) is 0. The lowest BCUT2D eigenvalue weighted by atomic mass is 9.96. The molecule has 1 fully saturated rings. The van der Waals surface area contributed by atoms with Crippen LogP contribution in [0, 0.1) is 6.92 Å². The lowest BCUT2D eigenvalue weighted by Crippen LogP contribution is -2.62. The molecule has 1 amide bonds. The molecule has 1 saturated heterocycles. The molecule has 1 heterocycles. The standard InChI is InChI=1S/C15H21N3OS/c1-10-9-11(5-6-12(10)13(16)20)18-8-7-17(4)14(19)15(18,2)3/h5-6,9H,7-8H2,1-4H3,(H2,16,20). The molecule has 2 rings (SSSR count). The van der Waals surface area contributed by atoms with E-state index < -0.39 is 5.54 Å². The summed E-state index contributed by atoms with van der Waals surface area (Å²) in [5.74, 6) is 0.139. The molecule has 2 N–H and O–H groups in total. The molecule has 1 aromatic rings. The fourth-order valence-electron chi connectivity index (χ4n) is 2.76. The third-order valence-corrected chi connectivity index (χ3v) is 4.21. The van der Waals surface area contributed by atoms with Crippen LogP contribution in [0.4, 0.5) is 5.69 Å². The highest BCUT2D eigenvalue weighted by atomic mass is 32.1. The number of thiocarbonyl (C=S) groups is 1. The number of hydrogen-bond acceptors (Lipinski definition) is 3. The Morgan fingerprint density at radius 2 is 2.00 bits per heavy atom. The number of carbonyl (C=O) groups excluding carboxylic acids is 1. The second-order valence-corrected chi connectivity index (χ2v) is 6.24. The molecule has 4 nitrogen and oxygen atoms in total. The first-order valence-electron chi connectivity index (χ1n) is 6.69. The van der Waals surface area contributed by atoms with Crippen LogP contribution in [0.3, 0.4) is 0 Å². The molecular weight excluding hydrogens is 270 g/mol. The van der Waals surface area contributed by atoms with Gasteiger partial charge in [0.1, 0.15) is 10.5 Å². The maximum Gasteiger partial charge on any atom is 0.247 e. The molecule has 108 valence electrons. The Morgan fingerprint density at radius 1 is 1.35 bits per heavy atom. The van der Waals surface area contributed by atoms with E-state index in [0.29, 0.717) is 4.99 Å². The van der Waals surface area contributed by atoms with E-state index in [-0.39, 0.29) is 5.91 Å². The van der Waals surface area contributed by atoms with Crippen LogP contribution in [-0.4, -0.2) is 41.5 Å². The van der Waals surface area contributed by atoms with Crippen LogP contribution in [0.1, 0.15) is 25.0 Å². The summed E-state index contributed by atoms with van der Waals surface area (Å²) in [6.45, 7) is 7.46. The van der Waals surface area contributed by atoms with Gasteiger partial charge in [-0.1, -0.05) is 12.2 Å². The van der Waals surface area contributed by atoms with Gasteiger partial charge in [-0.15, -0.1) is 0 Å². The summed E-state index contributed by atoms with van der Waals surface area (Å²) < 4.78 is 0. The van der Waals surface area contributed by atoms with Gasteiger partial charge in [0.05, 0.1) is 0 Å². The second-order valence-electron chi connectivity index (χ2n) is 5.80. The number of amides is 1. The molecule has 1 aromatic carbocycles. The number of nitrogens with two attached hydrogens (primary N) is 1. The van der Waals surface area contributed by atoms with Crippen molar-refractivity contribution in [3.8, 4) is 0 Å². The lowest BCUT2D eigenvalue weighted by Gasteiger charge is -2.46. The van der Waals surface area contributed by atoms with Crippen LogP contribution < -0.4 is 10.6 Å². The molecule has 1 aliphatic heterocycles. The number of aryl methyl sites for hydroxylation is 1. The number of piperazine rings is 1. The molecule has 0 aliphatic carbocycles. The minimum Gasteiger partial charge on any atom is -0.389 e. The van der Waals surface area contributed by atoms with Gasteiger partial charge in [0, 0.05) is 31.4 Å². The molecule has 0 atom stereocenters. The van der Waals surface area contributed by atoms with E-state index in [1.54, 1.807) is 4.90 Å². The van der Waals surface area contributed by atoms with Crippen LogP contribution >= 0.6 is 12.2 Å². The zero-order chi connectivity index (χ0) is 15.1. The maximum atomic E-state index is 12.3. The number of nitrogens with zero attached hydrogens (tertiary/aromatic N) is 2. The molecule has 0 bridgehead atoms.